The molecule has 24 heteroatoms. The van der Waals surface area contributed by atoms with Crippen molar-refractivity contribution < 1.29 is 137 Å². The van der Waals surface area contributed by atoms with Gasteiger partial charge in [0.1, 0.15) is 23.0 Å². The molecule has 0 spiro atoms. The third-order valence-electron chi connectivity index (χ3n) is 3.26. The molecular formula is C9H11Li4N2O14P3S. The molecule has 1 aromatic rings. The van der Waals surface area contributed by atoms with E-state index >= 15 is 0 Å². The van der Waals surface area contributed by atoms with Gasteiger partial charge < -0.3 is 43.6 Å². The molecule has 0 aliphatic carbocycles. The van der Waals surface area contributed by atoms with Crippen LogP contribution in [0.25, 0.3) is 0 Å². The van der Waals surface area contributed by atoms with Crippen molar-refractivity contribution in [2.75, 3.05) is 6.61 Å². The number of aromatic amines is 1. The fraction of sp³-hybridized carbons (Fsp3) is 0.556. The number of ether oxygens (including phenoxy) is 1. The number of rotatable bonds is 8. The van der Waals surface area contributed by atoms with Crippen LogP contribution < -0.4 is 101 Å². The fourth-order valence-corrected chi connectivity index (χ4v) is 5.19. The Hall–Kier alpha value is 1.78. The second-order valence-corrected chi connectivity index (χ2v) is 10.1. The van der Waals surface area contributed by atoms with Crippen LogP contribution >= 0.6 is 35.7 Å². The maximum Gasteiger partial charge on any atom is 1.00 e. The van der Waals surface area contributed by atoms with Gasteiger partial charge in [0.15, 0.2) is 6.23 Å². The van der Waals surface area contributed by atoms with E-state index in [1.807, 2.05) is 0 Å². The molecule has 1 aromatic heterocycles. The summed E-state index contributed by atoms with van der Waals surface area (Å²) in [4.78, 5) is 57.1. The number of H-pyrrole nitrogens is 1. The summed E-state index contributed by atoms with van der Waals surface area (Å²) in [5, 5.41) is 19.9. The second kappa shape index (κ2) is 15.3. The summed E-state index contributed by atoms with van der Waals surface area (Å²) in [5.41, 5.74) is -0.822. The van der Waals surface area contributed by atoms with Crippen molar-refractivity contribution in [2.45, 2.75) is 24.5 Å². The first-order valence-electron chi connectivity index (χ1n) is 7.15. The summed E-state index contributed by atoms with van der Waals surface area (Å²) >= 11 is 4.73. The predicted molar refractivity (Wildman–Crippen MR) is 82.8 cm³/mol. The number of nitrogens with one attached hydrogen (secondary N) is 1. The standard InChI is InChI=1S/C9H15N2O14P3S.4Li/c12-6-4(3-22-27(18,19)25-28(20,21)24-26(15,16)17)23-8(7(6)13)11-2-1-5(29)10-9(11)14;;;;/h1-2,4,6-8,12-13H,3H2,(H,18,19)(H,20,21)(H,10,14,29)(H2,15,16,17);;;;/q;4*+1/p-4/t4-,6-,7-,8-;;;;/m1..../s1. The third kappa shape index (κ3) is 12.2. The van der Waals surface area contributed by atoms with Crippen molar-refractivity contribution in [3.8, 4) is 0 Å². The van der Waals surface area contributed by atoms with Gasteiger partial charge in [0.25, 0.3) is 15.6 Å². The molecule has 33 heavy (non-hydrogen) atoms. The van der Waals surface area contributed by atoms with Crippen molar-refractivity contribution in [1.82, 2.24) is 9.55 Å². The van der Waals surface area contributed by atoms with Crippen LogP contribution in [0.4, 0.5) is 0 Å². The Bertz CT molecular complexity index is 1020. The first-order chi connectivity index (χ1) is 13.1. The van der Waals surface area contributed by atoms with Gasteiger partial charge in [-0.1, -0.05) is 12.2 Å². The Morgan fingerprint density at radius 1 is 1.03 bits per heavy atom. The van der Waals surface area contributed by atoms with E-state index in [1.54, 1.807) is 0 Å². The molecule has 1 saturated heterocycles. The van der Waals surface area contributed by atoms with Crippen LogP contribution in [0.15, 0.2) is 17.1 Å². The van der Waals surface area contributed by atoms with E-state index in [1.165, 1.54) is 6.07 Å². The zero-order valence-corrected chi connectivity index (χ0v) is 21.2. The molecule has 1 aliphatic rings. The number of aliphatic hydroxyl groups is 2. The Kier molecular flexibility index (Phi) is 18.2. The summed E-state index contributed by atoms with van der Waals surface area (Å²) in [6.07, 6.45) is -5.51. The van der Waals surface area contributed by atoms with E-state index in [0.29, 0.717) is 0 Å². The van der Waals surface area contributed by atoms with Crippen LogP contribution in [-0.2, 0) is 31.6 Å². The minimum Gasteiger partial charge on any atom is -0.790 e. The van der Waals surface area contributed by atoms with Gasteiger partial charge in [0, 0.05) is 6.20 Å². The molecular weight excluding hydrogens is 513 g/mol. The predicted octanol–water partition coefficient (Wildman–Crippen LogP) is -15.6. The molecule has 3 N–H and O–H groups in total. The SMILES string of the molecule is O=c1[nH]c(=S)ccn1[C@@H]1O[C@H](COP(=O)([O-])OP(=O)([O-])OP(=O)([O-])[O-])[C@@H](O)[C@H]1O.[Li+].[Li+].[Li+].[Li+]. The Labute approximate surface area is 238 Å². The van der Waals surface area contributed by atoms with Crippen LogP contribution in [0.3, 0.4) is 0 Å². The minimum atomic E-state index is -6.15. The van der Waals surface area contributed by atoms with Crippen molar-refractivity contribution in [3.05, 3.63) is 27.4 Å². The van der Waals surface area contributed by atoms with Crippen LogP contribution in [0, 0.1) is 4.64 Å². The molecule has 0 radical (unpaired) electrons. The average molecular weight is 524 g/mol. The van der Waals surface area contributed by atoms with E-state index in [4.69, 9.17) is 17.0 Å². The van der Waals surface area contributed by atoms with Crippen LogP contribution in [0.5, 0.6) is 0 Å². The van der Waals surface area contributed by atoms with Gasteiger partial charge in [0.05, 0.1) is 14.4 Å². The van der Waals surface area contributed by atoms with E-state index in [0.717, 1.165) is 10.8 Å². The number of aliphatic hydroxyl groups excluding tert-OH is 2. The van der Waals surface area contributed by atoms with Gasteiger partial charge in [-0.25, -0.2) is 9.11 Å². The largest absolute Gasteiger partial charge is 1.00 e. The maximum atomic E-state index is 11.8. The maximum absolute atomic E-state index is 11.8. The molecule has 0 aromatic carbocycles. The molecule has 1 fully saturated rings. The summed E-state index contributed by atoms with van der Waals surface area (Å²) in [6, 6.07) is 1.26. The van der Waals surface area contributed by atoms with Gasteiger partial charge in [-0.05, 0) is 6.07 Å². The van der Waals surface area contributed by atoms with Crippen molar-refractivity contribution >= 4 is 35.7 Å². The second-order valence-electron chi connectivity index (χ2n) is 5.36. The normalized spacial score (nSPS) is 25.8. The average Bonchev–Trinajstić information content (AvgIpc) is 2.78. The van der Waals surface area contributed by atoms with Gasteiger partial charge in [-0.15, -0.1) is 0 Å². The number of hydrogen-bond acceptors (Lipinski definition) is 15. The number of nitrogens with zero attached hydrogens (tertiary/aromatic N) is 1. The van der Waals surface area contributed by atoms with Gasteiger partial charge in [0.2, 0.25) is 0 Å². The molecule has 1 aliphatic heterocycles. The van der Waals surface area contributed by atoms with Crippen LogP contribution in [-0.4, -0.2) is 44.7 Å². The summed E-state index contributed by atoms with van der Waals surface area (Å²) in [7, 11) is -18.1. The van der Waals surface area contributed by atoms with Gasteiger partial charge in [-0.3, -0.25) is 23.0 Å². The topological polar surface area (TPSA) is 259 Å². The Morgan fingerprint density at radius 3 is 2.06 bits per heavy atom. The molecule has 2 unspecified atom stereocenters. The van der Waals surface area contributed by atoms with Gasteiger partial charge >= 0.3 is 81.1 Å². The number of aromatic nitrogens is 2. The summed E-state index contributed by atoms with van der Waals surface area (Å²) in [6.45, 7) is -1.13. The smallest absolute Gasteiger partial charge is 0.790 e. The molecule has 0 bridgehead atoms. The van der Waals surface area contributed by atoms with Crippen LogP contribution in [0.1, 0.15) is 6.23 Å². The minimum absolute atomic E-state index is 0. The van der Waals surface area contributed by atoms with E-state index in [2.05, 4.69) is 18.1 Å². The Morgan fingerprint density at radius 2 is 1.58 bits per heavy atom. The molecule has 0 amide bonds. The molecule has 16 nitrogen and oxygen atoms in total. The molecule has 0 saturated carbocycles. The number of hydrogen-bond donors (Lipinski definition) is 3. The van der Waals surface area contributed by atoms with Crippen molar-refractivity contribution in [2.24, 2.45) is 0 Å². The first kappa shape index (κ1) is 39.3. The van der Waals surface area contributed by atoms with Gasteiger partial charge in [-0.2, -0.15) is 0 Å². The third-order valence-corrected chi connectivity index (χ3v) is 7.16. The van der Waals surface area contributed by atoms with E-state index < -0.39 is 60.3 Å². The van der Waals surface area contributed by atoms with Crippen molar-refractivity contribution in [1.29, 1.82) is 0 Å². The Balaban J connectivity index is -0.00000225. The van der Waals surface area contributed by atoms with Crippen LogP contribution in [0.2, 0.25) is 0 Å². The zero-order chi connectivity index (χ0) is 22.2. The molecule has 166 valence electrons. The fourth-order valence-electron chi connectivity index (χ4n) is 2.17. The number of phosphoric ester groups is 1. The molecule has 2 heterocycles. The number of phosphoric acid groups is 3. The summed E-state index contributed by atoms with van der Waals surface area (Å²) in [5.74, 6) is 0. The zero-order valence-electron chi connectivity index (χ0n) is 17.7. The van der Waals surface area contributed by atoms with E-state index in [-0.39, 0.29) is 80.1 Å². The first-order valence-corrected chi connectivity index (χ1v) is 11.9. The monoisotopic (exact) mass is 524 g/mol. The quantitative estimate of drug-likeness (QED) is 0.162. The molecule has 2 rings (SSSR count). The summed E-state index contributed by atoms with van der Waals surface area (Å²) < 4.78 is 49.3. The van der Waals surface area contributed by atoms with Crippen molar-refractivity contribution in [3.63, 3.8) is 0 Å². The van der Waals surface area contributed by atoms with E-state index in [9.17, 15) is 48.3 Å². The molecule has 6 atom stereocenters.